The SMILES string of the molecule is C#Cc1cccc2cc(O)cc(-c3nc4c5c(nc(OCC6(CN7CCC(F)C7)CC6)nc5c3F)N3CCNCC3CO4)c12. The van der Waals surface area contributed by atoms with Gasteiger partial charge in [0.1, 0.15) is 40.9 Å². The number of terminal acetylenes is 1. The monoisotopic (exact) mass is 598 g/mol. The lowest BCUT2D eigenvalue weighted by Gasteiger charge is -2.35. The number of phenols is 1. The van der Waals surface area contributed by atoms with E-state index in [2.05, 4.69) is 26.0 Å². The van der Waals surface area contributed by atoms with E-state index in [-0.39, 0.29) is 40.3 Å². The summed E-state index contributed by atoms with van der Waals surface area (Å²) in [6.07, 6.45) is 7.57. The number of alkyl halides is 1. The third kappa shape index (κ3) is 4.64. The van der Waals surface area contributed by atoms with Crippen LogP contribution in [0.15, 0.2) is 30.3 Å². The zero-order valence-electron chi connectivity index (χ0n) is 24.2. The number of halogens is 2. The molecule has 1 aliphatic carbocycles. The van der Waals surface area contributed by atoms with Gasteiger partial charge in [0.15, 0.2) is 5.82 Å². The van der Waals surface area contributed by atoms with Gasteiger partial charge in [0.25, 0.3) is 0 Å². The number of hydrogen-bond donors (Lipinski definition) is 2. The van der Waals surface area contributed by atoms with Crippen molar-refractivity contribution in [3.05, 3.63) is 41.7 Å². The summed E-state index contributed by atoms with van der Waals surface area (Å²) < 4.78 is 43.1. The van der Waals surface area contributed by atoms with Gasteiger partial charge in [-0.25, -0.2) is 13.8 Å². The van der Waals surface area contributed by atoms with Crippen molar-refractivity contribution in [1.82, 2.24) is 25.2 Å². The van der Waals surface area contributed by atoms with E-state index in [1.807, 2.05) is 6.07 Å². The highest BCUT2D eigenvalue weighted by Crippen LogP contribution is 2.48. The van der Waals surface area contributed by atoms with E-state index in [0.717, 1.165) is 32.5 Å². The quantitative estimate of drug-likeness (QED) is 0.319. The fourth-order valence-electron chi connectivity index (χ4n) is 6.89. The predicted molar refractivity (Wildman–Crippen MR) is 162 cm³/mol. The van der Waals surface area contributed by atoms with Gasteiger partial charge in [-0.15, -0.1) is 6.42 Å². The first-order valence-electron chi connectivity index (χ1n) is 15.1. The summed E-state index contributed by atoms with van der Waals surface area (Å²) in [4.78, 5) is 18.4. The first-order valence-corrected chi connectivity index (χ1v) is 15.1. The van der Waals surface area contributed by atoms with E-state index < -0.39 is 12.0 Å². The Balaban J connectivity index is 1.26. The molecule has 0 bridgehead atoms. The molecule has 5 heterocycles. The van der Waals surface area contributed by atoms with Crippen molar-refractivity contribution in [2.24, 2.45) is 5.41 Å². The number of aromatic hydroxyl groups is 1. The van der Waals surface area contributed by atoms with Crippen LogP contribution >= 0.6 is 0 Å². The molecule has 2 aromatic carbocycles. The van der Waals surface area contributed by atoms with Gasteiger partial charge in [0.05, 0.1) is 12.6 Å². The molecule has 0 spiro atoms. The third-order valence-corrected chi connectivity index (χ3v) is 9.36. The summed E-state index contributed by atoms with van der Waals surface area (Å²) in [6, 6.07) is 8.46. The van der Waals surface area contributed by atoms with Gasteiger partial charge in [-0.05, 0) is 42.8 Å². The van der Waals surface area contributed by atoms with Crippen LogP contribution in [0.5, 0.6) is 17.6 Å². The Morgan fingerprint density at radius 3 is 2.86 bits per heavy atom. The summed E-state index contributed by atoms with van der Waals surface area (Å²) in [5.74, 6) is 2.69. The number of aromatic nitrogens is 3. The zero-order valence-corrected chi connectivity index (χ0v) is 24.2. The maximum atomic E-state index is 16.8. The molecule has 2 atom stereocenters. The molecule has 8 rings (SSSR count). The van der Waals surface area contributed by atoms with E-state index in [9.17, 15) is 9.50 Å². The Hall–Kier alpha value is -4.27. The van der Waals surface area contributed by atoms with Crippen LogP contribution in [0.25, 0.3) is 32.9 Å². The van der Waals surface area contributed by atoms with Crippen LogP contribution in [0.3, 0.4) is 0 Å². The largest absolute Gasteiger partial charge is 0.508 e. The summed E-state index contributed by atoms with van der Waals surface area (Å²) in [6.45, 7) is 4.70. The fourth-order valence-corrected chi connectivity index (χ4v) is 6.89. The highest BCUT2D eigenvalue weighted by molar-refractivity contribution is 6.04. The van der Waals surface area contributed by atoms with Gasteiger partial charge in [-0.1, -0.05) is 18.1 Å². The Morgan fingerprint density at radius 2 is 2.07 bits per heavy atom. The fraction of sp³-hybridized carbons (Fsp3) is 0.424. The van der Waals surface area contributed by atoms with Crippen LogP contribution in [0.4, 0.5) is 14.6 Å². The second-order valence-electron chi connectivity index (χ2n) is 12.4. The van der Waals surface area contributed by atoms with Crippen molar-refractivity contribution in [2.75, 3.05) is 57.4 Å². The number of nitrogens with one attached hydrogen (secondary N) is 1. The van der Waals surface area contributed by atoms with Crippen LogP contribution in [0, 0.1) is 23.6 Å². The summed E-state index contributed by atoms with van der Waals surface area (Å²) >= 11 is 0. The number of phenolic OH excluding ortho intramolecular Hbond substituents is 1. The number of nitrogens with zero attached hydrogens (tertiary/aromatic N) is 5. The number of piperazine rings is 1. The molecule has 0 amide bonds. The normalized spacial score (nSPS) is 22.3. The lowest BCUT2D eigenvalue weighted by molar-refractivity contribution is 0.165. The molecule has 2 unspecified atom stereocenters. The number of likely N-dealkylation sites (tertiary alicyclic amines) is 1. The molecule has 2 N–H and O–H groups in total. The highest BCUT2D eigenvalue weighted by atomic mass is 19.1. The van der Waals surface area contributed by atoms with Crippen molar-refractivity contribution in [3.8, 4) is 41.2 Å². The number of fused-ring (bicyclic) bond motifs is 3. The van der Waals surface area contributed by atoms with Crippen molar-refractivity contribution in [1.29, 1.82) is 0 Å². The first-order chi connectivity index (χ1) is 21.4. The van der Waals surface area contributed by atoms with Crippen molar-refractivity contribution in [3.63, 3.8) is 0 Å². The molecule has 226 valence electrons. The molecule has 44 heavy (non-hydrogen) atoms. The van der Waals surface area contributed by atoms with E-state index in [1.165, 1.54) is 6.07 Å². The topological polar surface area (TPSA) is 95.9 Å². The number of ether oxygens (including phenoxy) is 2. The summed E-state index contributed by atoms with van der Waals surface area (Å²) in [5, 5.41) is 15.6. The van der Waals surface area contributed by atoms with E-state index in [0.29, 0.717) is 72.4 Å². The molecule has 0 radical (unpaired) electrons. The van der Waals surface area contributed by atoms with Crippen molar-refractivity contribution in [2.45, 2.75) is 31.5 Å². The molecule has 2 aromatic heterocycles. The minimum absolute atomic E-state index is 0.0295. The van der Waals surface area contributed by atoms with Gasteiger partial charge in [0, 0.05) is 61.2 Å². The third-order valence-electron chi connectivity index (χ3n) is 9.36. The average Bonchev–Trinajstić information content (AvgIpc) is 3.71. The molecule has 2 saturated heterocycles. The molecular weight excluding hydrogens is 566 g/mol. The van der Waals surface area contributed by atoms with Crippen LogP contribution in [0.2, 0.25) is 0 Å². The molecule has 4 aliphatic rings. The molecule has 1 saturated carbocycles. The van der Waals surface area contributed by atoms with E-state index in [1.54, 1.807) is 18.2 Å². The lowest BCUT2D eigenvalue weighted by Crippen LogP contribution is -2.53. The maximum absolute atomic E-state index is 16.8. The Labute approximate surface area is 253 Å². The van der Waals surface area contributed by atoms with Gasteiger partial charge >= 0.3 is 6.01 Å². The van der Waals surface area contributed by atoms with Gasteiger partial charge in [-0.2, -0.15) is 9.97 Å². The standard InChI is InChI=1S/C33H32F2N6O3/c1-2-19-4-3-5-20-12-23(42)13-24(25(19)20)28-27(35)29-26-30(41-11-9-36-14-22(41)16-43-31(26)37-28)39-32(38-29)44-18-33(7-8-33)17-40-10-6-21(34)15-40/h1,3-5,12-13,21-22,36,42H,6-11,14-18H2. The predicted octanol–water partition coefficient (Wildman–Crippen LogP) is 4.04. The molecule has 4 aromatic rings. The minimum atomic E-state index is -0.776. The van der Waals surface area contributed by atoms with Gasteiger partial charge in [0.2, 0.25) is 5.88 Å². The number of rotatable bonds is 6. The lowest BCUT2D eigenvalue weighted by atomic mass is 9.96. The summed E-state index contributed by atoms with van der Waals surface area (Å²) in [5.41, 5.74) is 0.804. The average molecular weight is 599 g/mol. The smallest absolute Gasteiger partial charge is 0.319 e. The van der Waals surface area contributed by atoms with Crippen LogP contribution in [0.1, 0.15) is 24.8 Å². The van der Waals surface area contributed by atoms with E-state index in [4.69, 9.17) is 25.9 Å². The van der Waals surface area contributed by atoms with Crippen LogP contribution in [-0.4, -0.2) is 89.7 Å². The number of pyridine rings is 1. The second kappa shape index (κ2) is 10.4. The highest BCUT2D eigenvalue weighted by Gasteiger charge is 2.46. The van der Waals surface area contributed by atoms with Crippen LogP contribution in [-0.2, 0) is 0 Å². The van der Waals surface area contributed by atoms with E-state index >= 15 is 4.39 Å². The Morgan fingerprint density at radius 1 is 1.18 bits per heavy atom. The summed E-state index contributed by atoms with van der Waals surface area (Å²) in [7, 11) is 0. The zero-order chi connectivity index (χ0) is 30.0. The number of benzene rings is 2. The molecule has 11 heteroatoms. The van der Waals surface area contributed by atoms with Gasteiger partial charge in [-0.3, -0.25) is 4.90 Å². The Kier molecular flexibility index (Phi) is 6.46. The molecule has 3 aliphatic heterocycles. The van der Waals surface area contributed by atoms with Crippen LogP contribution < -0.4 is 19.7 Å². The number of hydrogen-bond acceptors (Lipinski definition) is 9. The second-order valence-corrected chi connectivity index (χ2v) is 12.4. The van der Waals surface area contributed by atoms with Crippen molar-refractivity contribution >= 4 is 27.5 Å². The van der Waals surface area contributed by atoms with Gasteiger partial charge < -0.3 is 24.8 Å². The Bertz CT molecular complexity index is 1840. The molecule has 9 nitrogen and oxygen atoms in total. The molecule has 3 fully saturated rings. The maximum Gasteiger partial charge on any atom is 0.319 e. The number of anilines is 1. The van der Waals surface area contributed by atoms with Crippen molar-refractivity contribution < 1.29 is 23.4 Å². The first kappa shape index (κ1) is 27.3. The molecular formula is C33H32F2N6O3. The minimum Gasteiger partial charge on any atom is -0.508 e.